The highest BCUT2D eigenvalue weighted by atomic mass is 19.3. The number of H-pyrrole nitrogens is 1. The molecule has 4 aromatic rings. The predicted octanol–water partition coefficient (Wildman–Crippen LogP) is 3.05. The number of hydrogen-bond donors (Lipinski definition) is 2. The van der Waals surface area contributed by atoms with Crippen LogP contribution in [0.3, 0.4) is 0 Å². The highest BCUT2D eigenvalue weighted by Gasteiger charge is 2.51. The maximum Gasteiger partial charge on any atom is 0.261 e. The van der Waals surface area contributed by atoms with E-state index in [0.29, 0.717) is 29.9 Å². The van der Waals surface area contributed by atoms with Crippen molar-refractivity contribution < 1.29 is 18.6 Å². The number of nitrogens with zero attached hydrogens (tertiary/aromatic N) is 5. The average Bonchev–Trinajstić information content (AvgIpc) is 3.15. The topological polar surface area (TPSA) is 102 Å². The number of hydrogen-bond acceptors (Lipinski definition) is 6. The summed E-state index contributed by atoms with van der Waals surface area (Å²) >= 11 is 0. The van der Waals surface area contributed by atoms with Crippen molar-refractivity contribution in [2.45, 2.75) is 31.0 Å². The van der Waals surface area contributed by atoms with E-state index in [1.165, 1.54) is 12.5 Å². The fraction of sp³-hybridized carbons (Fsp3) is 0.300. The smallest absolute Gasteiger partial charge is 0.261 e. The Morgan fingerprint density at radius 3 is 2.80 bits per heavy atom. The van der Waals surface area contributed by atoms with Crippen LogP contribution in [-0.4, -0.2) is 53.7 Å². The summed E-state index contributed by atoms with van der Waals surface area (Å²) in [4.78, 5) is 8.63. The Hall–Kier alpha value is -3.24. The van der Waals surface area contributed by atoms with Crippen molar-refractivity contribution in [1.29, 1.82) is 0 Å². The number of rotatable bonds is 7. The molecule has 0 radical (unpaired) electrons. The zero-order valence-electron chi connectivity index (χ0n) is 15.7. The number of aromatic amines is 1. The Bertz CT molecular complexity index is 1170. The molecule has 1 aromatic carbocycles. The van der Waals surface area contributed by atoms with Gasteiger partial charge in [0.2, 0.25) is 0 Å². The Morgan fingerprint density at radius 2 is 2.07 bits per heavy atom. The molecule has 0 spiro atoms. The van der Waals surface area contributed by atoms with Gasteiger partial charge < -0.3 is 9.84 Å². The Morgan fingerprint density at radius 1 is 1.20 bits per heavy atom. The summed E-state index contributed by atoms with van der Waals surface area (Å²) in [6, 6.07) is 9.37. The van der Waals surface area contributed by atoms with E-state index < -0.39 is 24.7 Å². The highest BCUT2D eigenvalue weighted by Crippen LogP contribution is 2.49. The van der Waals surface area contributed by atoms with E-state index in [-0.39, 0.29) is 0 Å². The van der Waals surface area contributed by atoms with Crippen LogP contribution in [0.25, 0.3) is 28.1 Å². The second kappa shape index (κ2) is 7.22. The predicted molar refractivity (Wildman–Crippen MR) is 103 cm³/mol. The molecule has 1 fully saturated rings. The third-order valence-electron chi connectivity index (χ3n) is 5.26. The number of pyridine rings is 1. The number of aromatic nitrogens is 6. The zero-order valence-corrected chi connectivity index (χ0v) is 15.7. The summed E-state index contributed by atoms with van der Waals surface area (Å²) in [5.74, 6) is 0.644. The second-order valence-corrected chi connectivity index (χ2v) is 7.29. The monoisotopic (exact) mass is 412 g/mol. The van der Waals surface area contributed by atoms with Gasteiger partial charge in [-0.1, -0.05) is 12.1 Å². The standard InChI is InChI=1S/C20H18F2N6O2/c21-16(22)10-30-20(4-5-20)17(29)13-6-14-9-26-28(19(14)23-8-13)15-3-1-2-12(7-15)18-24-11-25-27-18/h1-3,6-9,11,16-17,29H,4-5,10H2,(H,24,25,27)/t17-/m0/s1. The third-order valence-corrected chi connectivity index (χ3v) is 5.26. The van der Waals surface area contributed by atoms with Gasteiger partial charge in [-0.05, 0) is 31.0 Å². The van der Waals surface area contributed by atoms with Crippen LogP contribution in [-0.2, 0) is 4.74 Å². The van der Waals surface area contributed by atoms with Crippen LogP contribution in [0.2, 0.25) is 0 Å². The van der Waals surface area contributed by atoms with Gasteiger partial charge in [0.1, 0.15) is 19.0 Å². The van der Waals surface area contributed by atoms with E-state index in [0.717, 1.165) is 16.6 Å². The molecule has 1 aliphatic rings. The largest absolute Gasteiger partial charge is 0.385 e. The first-order valence-electron chi connectivity index (χ1n) is 9.46. The number of ether oxygens (including phenoxy) is 1. The third kappa shape index (κ3) is 3.33. The maximum absolute atomic E-state index is 12.5. The molecule has 1 saturated carbocycles. The molecule has 0 aliphatic heterocycles. The van der Waals surface area contributed by atoms with Crippen molar-refractivity contribution in [1.82, 2.24) is 29.9 Å². The zero-order chi connectivity index (χ0) is 20.7. The molecular weight excluding hydrogens is 394 g/mol. The summed E-state index contributed by atoms with van der Waals surface area (Å²) in [5.41, 5.74) is 1.82. The molecule has 30 heavy (non-hydrogen) atoms. The number of benzene rings is 1. The summed E-state index contributed by atoms with van der Waals surface area (Å²) in [5, 5.41) is 22.5. The molecule has 3 aromatic heterocycles. The molecule has 0 unspecified atom stereocenters. The molecule has 2 N–H and O–H groups in total. The number of fused-ring (bicyclic) bond motifs is 1. The molecule has 8 nitrogen and oxygen atoms in total. The van der Waals surface area contributed by atoms with Gasteiger partial charge >= 0.3 is 0 Å². The van der Waals surface area contributed by atoms with Gasteiger partial charge in [0.05, 0.1) is 17.5 Å². The van der Waals surface area contributed by atoms with Crippen LogP contribution in [0, 0.1) is 0 Å². The van der Waals surface area contributed by atoms with E-state index in [2.05, 4.69) is 25.3 Å². The van der Waals surface area contributed by atoms with Crippen molar-refractivity contribution in [3.63, 3.8) is 0 Å². The van der Waals surface area contributed by atoms with Gasteiger partial charge in [0, 0.05) is 22.7 Å². The molecule has 0 saturated heterocycles. The van der Waals surface area contributed by atoms with Crippen LogP contribution in [0.15, 0.2) is 49.1 Å². The lowest BCUT2D eigenvalue weighted by Gasteiger charge is -2.23. The van der Waals surface area contributed by atoms with Crippen molar-refractivity contribution >= 4 is 11.0 Å². The fourth-order valence-electron chi connectivity index (χ4n) is 3.56. The van der Waals surface area contributed by atoms with E-state index in [1.54, 1.807) is 16.9 Å². The number of aliphatic hydroxyl groups excluding tert-OH is 1. The minimum atomic E-state index is -2.57. The Kier molecular flexibility index (Phi) is 4.52. The van der Waals surface area contributed by atoms with Crippen molar-refractivity contribution in [2.75, 3.05) is 6.61 Å². The number of halogens is 2. The van der Waals surface area contributed by atoms with Gasteiger partial charge in [0.15, 0.2) is 11.5 Å². The minimum absolute atomic E-state index is 0.518. The van der Waals surface area contributed by atoms with E-state index in [4.69, 9.17) is 4.74 Å². The first kappa shape index (κ1) is 18.8. The number of nitrogens with one attached hydrogen (secondary N) is 1. The van der Waals surface area contributed by atoms with Gasteiger partial charge in [-0.25, -0.2) is 23.4 Å². The first-order chi connectivity index (χ1) is 14.6. The van der Waals surface area contributed by atoms with Crippen LogP contribution in [0.5, 0.6) is 0 Å². The van der Waals surface area contributed by atoms with Gasteiger partial charge in [-0.2, -0.15) is 10.2 Å². The van der Waals surface area contributed by atoms with Crippen molar-refractivity contribution in [2.24, 2.45) is 0 Å². The fourth-order valence-corrected chi connectivity index (χ4v) is 3.56. The molecule has 10 heteroatoms. The molecular formula is C20H18F2N6O2. The normalized spacial score (nSPS) is 16.3. The van der Waals surface area contributed by atoms with Crippen LogP contribution < -0.4 is 0 Å². The molecule has 3 heterocycles. The Labute approximate surface area is 169 Å². The highest BCUT2D eigenvalue weighted by molar-refractivity contribution is 5.77. The van der Waals surface area contributed by atoms with Crippen molar-refractivity contribution in [3.05, 3.63) is 54.6 Å². The summed E-state index contributed by atoms with van der Waals surface area (Å²) in [7, 11) is 0. The van der Waals surface area contributed by atoms with Gasteiger partial charge in [-0.15, -0.1) is 0 Å². The van der Waals surface area contributed by atoms with Gasteiger partial charge in [0.25, 0.3) is 6.43 Å². The van der Waals surface area contributed by atoms with Crippen LogP contribution >= 0.6 is 0 Å². The number of aliphatic hydroxyl groups is 1. The van der Waals surface area contributed by atoms with E-state index in [9.17, 15) is 13.9 Å². The first-order valence-corrected chi connectivity index (χ1v) is 9.46. The lowest BCUT2D eigenvalue weighted by atomic mass is 10.0. The molecule has 5 rings (SSSR count). The molecule has 1 aliphatic carbocycles. The molecule has 154 valence electrons. The van der Waals surface area contributed by atoms with Crippen LogP contribution in [0.4, 0.5) is 8.78 Å². The molecule has 1 atom stereocenters. The van der Waals surface area contributed by atoms with Crippen molar-refractivity contribution in [3.8, 4) is 17.1 Å². The average molecular weight is 412 g/mol. The second-order valence-electron chi connectivity index (χ2n) is 7.29. The minimum Gasteiger partial charge on any atom is -0.385 e. The summed E-state index contributed by atoms with van der Waals surface area (Å²) < 4.78 is 32.0. The lowest BCUT2D eigenvalue weighted by molar-refractivity contribution is -0.0927. The summed E-state index contributed by atoms with van der Waals surface area (Å²) in [6.07, 6.45) is 2.11. The molecule has 0 amide bonds. The quantitative estimate of drug-likeness (QED) is 0.484. The summed E-state index contributed by atoms with van der Waals surface area (Å²) in [6.45, 7) is -0.688. The van der Waals surface area contributed by atoms with E-state index in [1.807, 2.05) is 24.3 Å². The molecule has 0 bridgehead atoms. The Balaban J connectivity index is 1.44. The lowest BCUT2D eigenvalue weighted by Crippen LogP contribution is -2.26. The van der Waals surface area contributed by atoms with Gasteiger partial charge in [-0.3, -0.25) is 5.10 Å². The SMILES string of the molecule is O[C@@H](c1cnc2c(cnn2-c2cccc(-c3ncn[nH]3)c2)c1)C1(OCC(F)F)CC1. The number of alkyl halides is 2. The maximum atomic E-state index is 12.5. The van der Waals surface area contributed by atoms with E-state index >= 15 is 0 Å². The van der Waals surface area contributed by atoms with Crippen LogP contribution in [0.1, 0.15) is 24.5 Å².